The molecule has 3 rings (SSSR count). The molecule has 0 saturated heterocycles. The summed E-state index contributed by atoms with van der Waals surface area (Å²) < 4.78 is 2.09. The van der Waals surface area contributed by atoms with Gasteiger partial charge >= 0.3 is 5.97 Å². The Morgan fingerprint density at radius 1 is 1.26 bits per heavy atom. The van der Waals surface area contributed by atoms with Crippen molar-refractivity contribution in [1.29, 1.82) is 0 Å². The highest BCUT2D eigenvalue weighted by Crippen LogP contribution is 2.27. The molecule has 0 amide bonds. The highest BCUT2D eigenvalue weighted by molar-refractivity contribution is 6.30. The Hall–Kier alpha value is -1.78. The lowest BCUT2D eigenvalue weighted by Gasteiger charge is -2.29. The molecule has 1 aromatic heterocycles. The molecule has 0 bridgehead atoms. The fraction of sp³-hybridized carbons (Fsp3) is 0.500. The summed E-state index contributed by atoms with van der Waals surface area (Å²) in [5, 5.41) is 14.2. The van der Waals surface area contributed by atoms with Gasteiger partial charge in [-0.25, -0.2) is 4.79 Å². The number of carboxylic acid groups (broad SMARTS) is 1. The summed E-state index contributed by atoms with van der Waals surface area (Å²) in [5.41, 5.74) is 4.22. The number of nitrogens with zero attached hydrogens (tertiary/aromatic N) is 1. The number of hydrogen-bond donors (Lipinski definition) is 2. The summed E-state index contributed by atoms with van der Waals surface area (Å²) in [4.78, 5) is 12.0. The molecule has 146 valence electrons. The van der Waals surface area contributed by atoms with Gasteiger partial charge in [0.2, 0.25) is 0 Å². The van der Waals surface area contributed by atoms with Gasteiger partial charge in [0.15, 0.2) is 0 Å². The Labute approximate surface area is 166 Å². The fourth-order valence-corrected chi connectivity index (χ4v) is 4.57. The predicted molar refractivity (Wildman–Crippen MR) is 110 cm³/mol. The first-order valence-corrected chi connectivity index (χ1v) is 10.2. The molecule has 1 fully saturated rings. The van der Waals surface area contributed by atoms with E-state index in [1.807, 2.05) is 38.1 Å². The number of halogens is 1. The minimum atomic E-state index is -0.853. The normalized spacial score (nSPS) is 20.0. The smallest absolute Gasteiger partial charge is 0.337 e. The van der Waals surface area contributed by atoms with Crippen molar-refractivity contribution in [3.8, 4) is 0 Å². The number of hydrogen-bond acceptors (Lipinski definition) is 2. The lowest BCUT2D eigenvalue weighted by molar-refractivity contribution is 0.0694. The van der Waals surface area contributed by atoms with Crippen molar-refractivity contribution in [3.05, 3.63) is 57.4 Å². The molecule has 5 heteroatoms. The lowest BCUT2D eigenvalue weighted by Crippen LogP contribution is -2.37. The largest absolute Gasteiger partial charge is 0.478 e. The Kier molecular flexibility index (Phi) is 6.28. The average molecular weight is 389 g/mol. The van der Waals surface area contributed by atoms with Crippen molar-refractivity contribution in [1.82, 2.24) is 9.88 Å². The van der Waals surface area contributed by atoms with Gasteiger partial charge in [0.25, 0.3) is 0 Å². The highest BCUT2D eigenvalue weighted by atomic mass is 35.5. The van der Waals surface area contributed by atoms with Crippen LogP contribution in [0.2, 0.25) is 5.02 Å². The van der Waals surface area contributed by atoms with Gasteiger partial charge < -0.3 is 15.0 Å². The Morgan fingerprint density at radius 2 is 2.00 bits per heavy atom. The van der Waals surface area contributed by atoms with E-state index in [1.165, 1.54) is 25.7 Å². The van der Waals surface area contributed by atoms with Crippen molar-refractivity contribution < 1.29 is 9.90 Å². The van der Waals surface area contributed by atoms with Crippen LogP contribution in [0, 0.1) is 19.8 Å². The van der Waals surface area contributed by atoms with E-state index in [-0.39, 0.29) is 0 Å². The van der Waals surface area contributed by atoms with Gasteiger partial charge in [0.05, 0.1) is 5.56 Å². The van der Waals surface area contributed by atoms with Gasteiger partial charge in [-0.1, -0.05) is 43.5 Å². The van der Waals surface area contributed by atoms with Gasteiger partial charge in [0.1, 0.15) is 0 Å². The van der Waals surface area contributed by atoms with Crippen LogP contribution in [0.5, 0.6) is 0 Å². The van der Waals surface area contributed by atoms with E-state index < -0.39 is 5.97 Å². The predicted octanol–water partition coefficient (Wildman–Crippen LogP) is 5.17. The molecule has 0 aliphatic heterocycles. The summed E-state index contributed by atoms with van der Waals surface area (Å²) in [6.07, 6.45) is 4.97. The molecule has 1 heterocycles. The standard InChI is InChI=1S/C22H29ClN2O2/c1-14-7-4-5-10-20(14)24-12-19-15(2)25(16(3)21(19)22(26)27)13-17-8-6-9-18(23)11-17/h6,8-9,11,14,20,24H,4-5,7,10,12-13H2,1-3H3,(H,26,27)/t14-,20+/m1/s1. The fourth-order valence-electron chi connectivity index (χ4n) is 4.36. The van der Waals surface area contributed by atoms with Crippen LogP contribution in [0.3, 0.4) is 0 Å². The summed E-state index contributed by atoms with van der Waals surface area (Å²) in [5.74, 6) is -0.212. The molecule has 1 saturated carbocycles. The zero-order chi connectivity index (χ0) is 19.6. The van der Waals surface area contributed by atoms with E-state index in [4.69, 9.17) is 11.6 Å². The number of carboxylic acids is 1. The third-order valence-electron chi connectivity index (χ3n) is 6.01. The first-order valence-electron chi connectivity index (χ1n) is 9.78. The molecule has 1 aromatic carbocycles. The van der Waals surface area contributed by atoms with Gasteiger partial charge in [-0.05, 0) is 50.3 Å². The second-order valence-electron chi connectivity index (χ2n) is 7.79. The number of aromatic carboxylic acids is 1. The summed E-state index contributed by atoms with van der Waals surface area (Å²) in [6.45, 7) is 7.43. The maximum atomic E-state index is 12.0. The lowest BCUT2D eigenvalue weighted by atomic mass is 9.86. The van der Waals surface area contributed by atoms with E-state index in [0.717, 1.165) is 22.5 Å². The van der Waals surface area contributed by atoms with Crippen LogP contribution in [0.1, 0.15) is 65.5 Å². The van der Waals surface area contributed by atoms with Crippen LogP contribution in [0.15, 0.2) is 24.3 Å². The zero-order valence-electron chi connectivity index (χ0n) is 16.4. The molecule has 2 N–H and O–H groups in total. The van der Waals surface area contributed by atoms with Crippen LogP contribution in [-0.2, 0) is 13.1 Å². The third-order valence-corrected chi connectivity index (χ3v) is 6.24. The molecule has 4 nitrogen and oxygen atoms in total. The second-order valence-corrected chi connectivity index (χ2v) is 8.23. The third kappa shape index (κ3) is 4.39. The maximum absolute atomic E-state index is 12.0. The van der Waals surface area contributed by atoms with Crippen molar-refractivity contribution in [2.75, 3.05) is 0 Å². The van der Waals surface area contributed by atoms with Crippen molar-refractivity contribution >= 4 is 17.6 Å². The van der Waals surface area contributed by atoms with Crippen molar-refractivity contribution in [2.45, 2.75) is 65.6 Å². The number of nitrogens with one attached hydrogen (secondary N) is 1. The number of rotatable bonds is 6. The molecule has 2 aromatic rings. The summed E-state index contributed by atoms with van der Waals surface area (Å²) >= 11 is 6.11. The van der Waals surface area contributed by atoms with Gasteiger partial charge in [-0.15, -0.1) is 0 Å². The van der Waals surface area contributed by atoms with Gasteiger partial charge in [-0.2, -0.15) is 0 Å². The first kappa shape index (κ1) is 20.0. The molecule has 2 atom stereocenters. The van der Waals surface area contributed by atoms with Crippen LogP contribution in [-0.4, -0.2) is 21.7 Å². The number of carbonyl (C=O) groups is 1. The monoisotopic (exact) mass is 388 g/mol. The Balaban J connectivity index is 1.87. The second kappa shape index (κ2) is 8.49. The quantitative estimate of drug-likeness (QED) is 0.717. The minimum absolute atomic E-state index is 0.436. The maximum Gasteiger partial charge on any atom is 0.337 e. The minimum Gasteiger partial charge on any atom is -0.478 e. The van der Waals surface area contributed by atoms with E-state index in [9.17, 15) is 9.90 Å². The number of aromatic nitrogens is 1. The van der Waals surface area contributed by atoms with E-state index in [1.54, 1.807) is 0 Å². The van der Waals surface area contributed by atoms with E-state index in [0.29, 0.717) is 35.6 Å². The molecule has 1 aliphatic rings. The number of benzene rings is 1. The molecular formula is C22H29ClN2O2. The van der Waals surface area contributed by atoms with E-state index >= 15 is 0 Å². The SMILES string of the molecule is Cc1c(CN[C@H]2CCCC[C@H]2C)c(C(=O)O)c(C)n1Cc1cccc(Cl)c1. The Morgan fingerprint density at radius 3 is 2.67 bits per heavy atom. The molecule has 0 radical (unpaired) electrons. The van der Waals surface area contributed by atoms with Crippen LogP contribution in [0.25, 0.3) is 0 Å². The molecule has 1 aliphatic carbocycles. The van der Waals surface area contributed by atoms with Gasteiger partial charge in [0, 0.05) is 41.1 Å². The van der Waals surface area contributed by atoms with E-state index in [2.05, 4.69) is 16.8 Å². The summed E-state index contributed by atoms with van der Waals surface area (Å²) in [7, 11) is 0. The molecular weight excluding hydrogens is 360 g/mol. The van der Waals surface area contributed by atoms with Crippen molar-refractivity contribution in [3.63, 3.8) is 0 Å². The van der Waals surface area contributed by atoms with Crippen molar-refractivity contribution in [2.24, 2.45) is 5.92 Å². The topological polar surface area (TPSA) is 54.3 Å². The molecule has 0 unspecified atom stereocenters. The van der Waals surface area contributed by atoms with Gasteiger partial charge in [-0.3, -0.25) is 0 Å². The van der Waals surface area contributed by atoms with Crippen LogP contribution < -0.4 is 5.32 Å². The first-order chi connectivity index (χ1) is 12.9. The summed E-state index contributed by atoms with van der Waals surface area (Å²) in [6, 6.07) is 8.20. The highest BCUT2D eigenvalue weighted by Gasteiger charge is 2.25. The molecule has 27 heavy (non-hydrogen) atoms. The molecule has 0 spiro atoms. The van der Waals surface area contributed by atoms with Crippen LogP contribution in [0.4, 0.5) is 0 Å². The average Bonchev–Trinajstić information content (AvgIpc) is 2.85. The van der Waals surface area contributed by atoms with Crippen LogP contribution >= 0.6 is 11.6 Å². The zero-order valence-corrected chi connectivity index (χ0v) is 17.1. The Bertz CT molecular complexity index is 828.